The third-order valence-corrected chi connectivity index (χ3v) is 3.92. The fourth-order valence-corrected chi connectivity index (χ4v) is 2.75. The van der Waals surface area contributed by atoms with E-state index in [-0.39, 0.29) is 10.6 Å². The van der Waals surface area contributed by atoms with Crippen molar-refractivity contribution in [2.45, 2.75) is 45.6 Å². The van der Waals surface area contributed by atoms with Gasteiger partial charge in [0.15, 0.2) is 0 Å². The summed E-state index contributed by atoms with van der Waals surface area (Å²) in [5, 5.41) is 14.2. The third kappa shape index (κ3) is 4.70. The van der Waals surface area contributed by atoms with E-state index in [1.54, 1.807) is 12.1 Å². The lowest BCUT2D eigenvalue weighted by Gasteiger charge is -2.11. The Balaban J connectivity index is 1.93. The molecule has 0 atom stereocenters. The van der Waals surface area contributed by atoms with Gasteiger partial charge in [0.25, 0.3) is 5.69 Å². The highest BCUT2D eigenvalue weighted by atomic mass is 16.6. The minimum atomic E-state index is -0.335. The summed E-state index contributed by atoms with van der Waals surface area (Å²) >= 11 is 0. The quantitative estimate of drug-likeness (QED) is 0.578. The number of nitrogens with one attached hydrogen (secondary N) is 1. The first-order chi connectivity index (χ1) is 10.2. The van der Waals surface area contributed by atoms with Gasteiger partial charge in [-0.05, 0) is 36.8 Å². The minimum absolute atomic E-state index is 0.130. The van der Waals surface area contributed by atoms with Crippen LogP contribution in [0.2, 0.25) is 0 Å². The molecule has 0 saturated heterocycles. The smallest absolute Gasteiger partial charge is 0.292 e. The number of benzene rings is 1. The first kappa shape index (κ1) is 15.8. The van der Waals surface area contributed by atoms with Crippen LogP contribution in [0.25, 0.3) is 0 Å². The number of nitro benzene ring substituents is 1. The molecule has 1 fully saturated rings. The molecule has 1 aromatic carbocycles. The Labute approximate surface area is 125 Å². The van der Waals surface area contributed by atoms with Gasteiger partial charge in [-0.15, -0.1) is 0 Å². The van der Waals surface area contributed by atoms with Crippen molar-refractivity contribution in [3.63, 3.8) is 0 Å². The van der Waals surface area contributed by atoms with Crippen LogP contribution in [0.15, 0.2) is 18.2 Å². The molecule has 1 N–H and O–H groups in total. The zero-order chi connectivity index (χ0) is 15.1. The second-order valence-corrected chi connectivity index (χ2v) is 5.70. The summed E-state index contributed by atoms with van der Waals surface area (Å²) in [7, 11) is 0. The summed E-state index contributed by atoms with van der Waals surface area (Å²) in [5.74, 6) is 0.672. The van der Waals surface area contributed by atoms with Gasteiger partial charge in [0.2, 0.25) is 0 Å². The van der Waals surface area contributed by atoms with Crippen molar-refractivity contribution in [1.82, 2.24) is 0 Å². The van der Waals surface area contributed by atoms with E-state index in [0.717, 1.165) is 25.1 Å². The molecule has 1 aromatic rings. The van der Waals surface area contributed by atoms with Crippen LogP contribution in [0.3, 0.4) is 0 Å². The number of nitro groups is 1. The Morgan fingerprint density at radius 2 is 2.14 bits per heavy atom. The van der Waals surface area contributed by atoms with Gasteiger partial charge in [-0.25, -0.2) is 0 Å². The van der Waals surface area contributed by atoms with Crippen molar-refractivity contribution >= 4 is 11.4 Å². The molecule has 21 heavy (non-hydrogen) atoms. The van der Waals surface area contributed by atoms with E-state index in [1.807, 2.05) is 13.0 Å². The second kappa shape index (κ2) is 7.98. The monoisotopic (exact) mass is 292 g/mol. The van der Waals surface area contributed by atoms with Crippen LogP contribution in [-0.2, 0) is 11.3 Å². The third-order valence-electron chi connectivity index (χ3n) is 3.92. The highest BCUT2D eigenvalue weighted by Crippen LogP contribution is 2.27. The van der Waals surface area contributed by atoms with Crippen molar-refractivity contribution in [1.29, 1.82) is 0 Å². The molecular formula is C16H24N2O3. The number of hydrogen-bond acceptors (Lipinski definition) is 4. The van der Waals surface area contributed by atoms with E-state index in [0.29, 0.717) is 18.2 Å². The molecule has 2 rings (SSSR count). The SMILES string of the molecule is CCCNc1ccc(COCC2CCCC2)cc1[N+](=O)[O-]. The molecule has 0 unspecified atom stereocenters. The molecular weight excluding hydrogens is 268 g/mol. The summed E-state index contributed by atoms with van der Waals surface area (Å²) in [6.07, 6.45) is 6.04. The number of anilines is 1. The molecule has 1 saturated carbocycles. The largest absolute Gasteiger partial charge is 0.380 e. The zero-order valence-electron chi connectivity index (χ0n) is 12.6. The molecule has 0 radical (unpaired) electrons. The van der Waals surface area contributed by atoms with Gasteiger partial charge in [0.05, 0.1) is 11.5 Å². The van der Waals surface area contributed by atoms with E-state index in [9.17, 15) is 10.1 Å². The molecule has 0 heterocycles. The van der Waals surface area contributed by atoms with Crippen molar-refractivity contribution in [3.8, 4) is 0 Å². The van der Waals surface area contributed by atoms with Crippen LogP contribution < -0.4 is 5.32 Å². The van der Waals surface area contributed by atoms with Gasteiger partial charge in [-0.3, -0.25) is 10.1 Å². The molecule has 116 valence electrons. The zero-order valence-corrected chi connectivity index (χ0v) is 12.6. The number of hydrogen-bond donors (Lipinski definition) is 1. The van der Waals surface area contributed by atoms with Crippen LogP contribution >= 0.6 is 0 Å². The molecule has 1 aliphatic rings. The number of nitrogens with zero attached hydrogens (tertiary/aromatic N) is 1. The molecule has 0 amide bonds. The van der Waals surface area contributed by atoms with Gasteiger partial charge in [0.1, 0.15) is 5.69 Å². The van der Waals surface area contributed by atoms with E-state index in [4.69, 9.17) is 4.74 Å². The van der Waals surface area contributed by atoms with Gasteiger partial charge >= 0.3 is 0 Å². The fraction of sp³-hybridized carbons (Fsp3) is 0.625. The lowest BCUT2D eigenvalue weighted by molar-refractivity contribution is -0.384. The molecule has 0 aromatic heterocycles. The van der Waals surface area contributed by atoms with Gasteiger partial charge in [-0.1, -0.05) is 25.8 Å². The first-order valence-corrected chi connectivity index (χ1v) is 7.79. The maximum Gasteiger partial charge on any atom is 0.292 e. The molecule has 1 aliphatic carbocycles. The van der Waals surface area contributed by atoms with Gasteiger partial charge < -0.3 is 10.1 Å². The average Bonchev–Trinajstić information content (AvgIpc) is 2.99. The van der Waals surface area contributed by atoms with Crippen LogP contribution in [-0.4, -0.2) is 18.1 Å². The number of ether oxygens (including phenoxy) is 1. The van der Waals surface area contributed by atoms with Crippen LogP contribution in [0.5, 0.6) is 0 Å². The summed E-state index contributed by atoms with van der Waals surface area (Å²) in [4.78, 5) is 10.8. The Kier molecular flexibility index (Phi) is 5.99. The van der Waals surface area contributed by atoms with Crippen molar-refractivity contribution in [2.24, 2.45) is 5.92 Å². The lowest BCUT2D eigenvalue weighted by Crippen LogP contribution is -2.06. The summed E-state index contributed by atoms with van der Waals surface area (Å²) in [6, 6.07) is 5.30. The Bertz CT molecular complexity index is 471. The Morgan fingerprint density at radius 1 is 1.38 bits per heavy atom. The van der Waals surface area contributed by atoms with Crippen LogP contribution in [0, 0.1) is 16.0 Å². The molecule has 5 heteroatoms. The summed E-state index contributed by atoms with van der Waals surface area (Å²) in [5.41, 5.74) is 1.58. The van der Waals surface area contributed by atoms with Crippen molar-refractivity contribution in [3.05, 3.63) is 33.9 Å². The summed E-state index contributed by atoms with van der Waals surface area (Å²) in [6.45, 7) is 3.98. The van der Waals surface area contributed by atoms with E-state index in [2.05, 4.69) is 5.32 Å². The van der Waals surface area contributed by atoms with E-state index >= 15 is 0 Å². The molecule has 5 nitrogen and oxygen atoms in total. The molecule has 0 spiro atoms. The fourth-order valence-electron chi connectivity index (χ4n) is 2.75. The molecule has 0 aliphatic heterocycles. The topological polar surface area (TPSA) is 64.4 Å². The average molecular weight is 292 g/mol. The first-order valence-electron chi connectivity index (χ1n) is 7.79. The van der Waals surface area contributed by atoms with Gasteiger partial charge in [0, 0.05) is 19.2 Å². The van der Waals surface area contributed by atoms with E-state index < -0.39 is 0 Å². The lowest BCUT2D eigenvalue weighted by atomic mass is 10.1. The highest BCUT2D eigenvalue weighted by Gasteiger charge is 2.16. The Hall–Kier alpha value is -1.62. The number of rotatable bonds is 8. The van der Waals surface area contributed by atoms with Crippen molar-refractivity contribution < 1.29 is 9.66 Å². The normalized spacial score (nSPS) is 15.3. The Morgan fingerprint density at radius 3 is 2.81 bits per heavy atom. The predicted molar refractivity (Wildman–Crippen MR) is 83.5 cm³/mol. The summed E-state index contributed by atoms with van der Waals surface area (Å²) < 4.78 is 5.72. The predicted octanol–water partition coefficient (Wildman–Crippen LogP) is 4.12. The standard InChI is InChI=1S/C16H24N2O3/c1-2-9-17-15-8-7-14(10-16(15)18(19)20)12-21-11-13-5-3-4-6-13/h7-8,10,13,17H,2-6,9,11-12H2,1H3. The minimum Gasteiger partial charge on any atom is -0.380 e. The van der Waals surface area contributed by atoms with Gasteiger partial charge in [-0.2, -0.15) is 0 Å². The maximum atomic E-state index is 11.1. The second-order valence-electron chi connectivity index (χ2n) is 5.70. The van der Waals surface area contributed by atoms with Crippen LogP contribution in [0.4, 0.5) is 11.4 Å². The highest BCUT2D eigenvalue weighted by molar-refractivity contribution is 5.62. The van der Waals surface area contributed by atoms with Crippen molar-refractivity contribution in [2.75, 3.05) is 18.5 Å². The van der Waals surface area contributed by atoms with Crippen LogP contribution in [0.1, 0.15) is 44.6 Å². The molecule has 0 bridgehead atoms. The maximum absolute atomic E-state index is 11.1. The van der Waals surface area contributed by atoms with E-state index in [1.165, 1.54) is 25.7 Å².